The lowest BCUT2D eigenvalue weighted by Gasteiger charge is -2.48. The maximum absolute atomic E-state index is 12.8. The third-order valence-electron chi connectivity index (χ3n) is 4.77. The Kier molecular flexibility index (Phi) is 4.98. The minimum Gasteiger partial charge on any atom is -0.460 e. The lowest BCUT2D eigenvalue weighted by Crippen LogP contribution is -2.52. The minimum absolute atomic E-state index is 0.257. The van der Waals surface area contributed by atoms with Crippen LogP contribution in [0.4, 0.5) is 0 Å². The molecule has 0 heterocycles. The summed E-state index contributed by atoms with van der Waals surface area (Å²) >= 11 is 0. The summed E-state index contributed by atoms with van der Waals surface area (Å²) in [5.41, 5.74) is -0.716. The van der Waals surface area contributed by atoms with Crippen molar-refractivity contribution in [1.29, 1.82) is 5.41 Å². The van der Waals surface area contributed by atoms with E-state index in [1.807, 2.05) is 71.9 Å². The van der Waals surface area contributed by atoms with Crippen molar-refractivity contribution in [3.63, 3.8) is 0 Å². The quantitative estimate of drug-likeness (QED) is 0.642. The zero-order chi connectivity index (χ0) is 16.3. The number of hydrogen-bond acceptors (Lipinski definition) is 3. The van der Waals surface area contributed by atoms with Gasteiger partial charge >= 0.3 is 5.97 Å². The summed E-state index contributed by atoms with van der Waals surface area (Å²) in [5, 5.41) is 7.70. The molecule has 1 unspecified atom stereocenters. The number of hydrogen-bond donors (Lipinski definition) is 1. The second-order valence-corrected chi connectivity index (χ2v) is 7.30. The molecule has 1 rings (SSSR count). The zero-order valence-electron chi connectivity index (χ0n) is 14.0. The number of ether oxygens (including phenoxy) is 1. The highest BCUT2D eigenvalue weighted by molar-refractivity contribution is 5.84. The molecule has 0 saturated carbocycles. The third kappa shape index (κ3) is 3.34. The predicted molar refractivity (Wildman–Crippen MR) is 86.4 cm³/mol. The molecular formula is C18H27NO2. The molecule has 0 aliphatic rings. The molecule has 0 fully saturated rings. The van der Waals surface area contributed by atoms with Gasteiger partial charge in [0.25, 0.3) is 0 Å². The average molecular weight is 289 g/mol. The van der Waals surface area contributed by atoms with Gasteiger partial charge in [-0.25, -0.2) is 0 Å². The summed E-state index contributed by atoms with van der Waals surface area (Å²) in [5.74, 6) is -0.257. The van der Waals surface area contributed by atoms with Crippen molar-refractivity contribution in [2.24, 2.45) is 16.2 Å². The fourth-order valence-electron chi connectivity index (χ4n) is 2.55. The Hall–Kier alpha value is -1.64. The molecule has 3 heteroatoms. The molecule has 21 heavy (non-hydrogen) atoms. The van der Waals surface area contributed by atoms with Crippen molar-refractivity contribution >= 4 is 12.2 Å². The topological polar surface area (TPSA) is 50.2 Å². The first-order valence-corrected chi connectivity index (χ1v) is 7.29. The first-order valence-electron chi connectivity index (χ1n) is 7.29. The Labute approximate surface area is 128 Å². The van der Waals surface area contributed by atoms with E-state index in [4.69, 9.17) is 10.1 Å². The number of esters is 1. The van der Waals surface area contributed by atoms with Crippen molar-refractivity contribution < 1.29 is 9.53 Å². The van der Waals surface area contributed by atoms with Gasteiger partial charge in [0.1, 0.15) is 6.61 Å². The van der Waals surface area contributed by atoms with Gasteiger partial charge in [0.05, 0.1) is 5.41 Å². The van der Waals surface area contributed by atoms with Gasteiger partial charge in [-0.05, 0) is 17.9 Å². The highest BCUT2D eigenvalue weighted by atomic mass is 16.5. The smallest absolute Gasteiger partial charge is 0.313 e. The summed E-state index contributed by atoms with van der Waals surface area (Å²) in [6.45, 7) is 12.0. The minimum atomic E-state index is -0.781. The van der Waals surface area contributed by atoms with E-state index in [1.54, 1.807) is 0 Å². The van der Waals surface area contributed by atoms with Crippen molar-refractivity contribution in [2.75, 3.05) is 0 Å². The molecule has 1 N–H and O–H groups in total. The van der Waals surface area contributed by atoms with Gasteiger partial charge in [0.2, 0.25) is 0 Å². The summed E-state index contributed by atoms with van der Waals surface area (Å²) in [7, 11) is 0. The van der Waals surface area contributed by atoms with Crippen LogP contribution in [0.2, 0.25) is 0 Å². The van der Waals surface area contributed by atoms with Crippen molar-refractivity contribution in [1.82, 2.24) is 0 Å². The predicted octanol–water partition coefficient (Wildman–Crippen LogP) is 4.46. The van der Waals surface area contributed by atoms with Gasteiger partial charge in [-0.1, -0.05) is 65.0 Å². The van der Waals surface area contributed by atoms with E-state index in [0.29, 0.717) is 0 Å². The largest absolute Gasteiger partial charge is 0.460 e. The van der Waals surface area contributed by atoms with Crippen molar-refractivity contribution in [3.8, 4) is 0 Å². The van der Waals surface area contributed by atoms with Crippen LogP contribution in [-0.2, 0) is 16.1 Å². The number of nitrogens with one attached hydrogen (secondary N) is 1. The fraction of sp³-hybridized carbons (Fsp3) is 0.556. The molecule has 116 valence electrons. The van der Waals surface area contributed by atoms with E-state index in [-0.39, 0.29) is 18.0 Å². The van der Waals surface area contributed by atoms with Gasteiger partial charge in [0.15, 0.2) is 0 Å². The lowest BCUT2D eigenvalue weighted by atomic mass is 9.55. The molecular weight excluding hydrogens is 262 g/mol. The van der Waals surface area contributed by atoms with E-state index in [2.05, 4.69) is 0 Å². The second kappa shape index (κ2) is 6.00. The number of carbonyl (C=O) groups excluding carboxylic acids is 1. The molecule has 1 atom stereocenters. The van der Waals surface area contributed by atoms with Gasteiger partial charge in [0, 0.05) is 11.6 Å². The Morgan fingerprint density at radius 1 is 1.10 bits per heavy atom. The third-order valence-corrected chi connectivity index (χ3v) is 4.77. The first-order chi connectivity index (χ1) is 9.56. The van der Waals surface area contributed by atoms with Crippen molar-refractivity contribution in [3.05, 3.63) is 35.9 Å². The molecule has 3 nitrogen and oxygen atoms in total. The van der Waals surface area contributed by atoms with E-state index in [0.717, 1.165) is 5.56 Å². The van der Waals surface area contributed by atoms with Crippen LogP contribution in [0.1, 0.15) is 47.1 Å². The second-order valence-electron chi connectivity index (χ2n) is 7.30. The van der Waals surface area contributed by atoms with Gasteiger partial charge in [-0.15, -0.1) is 0 Å². The molecule has 0 aromatic heterocycles. The van der Waals surface area contributed by atoms with Gasteiger partial charge < -0.3 is 10.1 Å². The van der Waals surface area contributed by atoms with E-state index in [1.165, 1.54) is 6.21 Å². The van der Waals surface area contributed by atoms with Gasteiger partial charge in [-0.3, -0.25) is 4.79 Å². The van der Waals surface area contributed by atoms with Gasteiger partial charge in [-0.2, -0.15) is 0 Å². The standard InChI is InChI=1S/C18H27NO2/c1-16(2,3)18(6,17(4,5)13-19)15(20)21-12-14-10-8-7-9-11-14/h7-11,13,19H,12H2,1-6H3. The first kappa shape index (κ1) is 17.4. The maximum atomic E-state index is 12.8. The molecule has 0 radical (unpaired) electrons. The highest BCUT2D eigenvalue weighted by Crippen LogP contribution is 2.51. The average Bonchev–Trinajstić information content (AvgIpc) is 2.43. The molecule has 0 spiro atoms. The van der Waals surface area contributed by atoms with Crippen LogP contribution < -0.4 is 0 Å². The summed E-state index contributed by atoms with van der Waals surface area (Å²) < 4.78 is 5.57. The Morgan fingerprint density at radius 2 is 1.62 bits per heavy atom. The molecule has 1 aromatic carbocycles. The van der Waals surface area contributed by atoms with Crippen LogP contribution in [0.25, 0.3) is 0 Å². The monoisotopic (exact) mass is 289 g/mol. The van der Waals surface area contributed by atoms with E-state index < -0.39 is 10.8 Å². The highest BCUT2D eigenvalue weighted by Gasteiger charge is 2.55. The van der Waals surface area contributed by atoms with Crippen LogP contribution in [0.15, 0.2) is 30.3 Å². The Bertz CT molecular complexity index is 500. The van der Waals surface area contributed by atoms with Crippen LogP contribution in [0.5, 0.6) is 0 Å². The molecule has 0 saturated heterocycles. The summed E-state index contributed by atoms with van der Waals surface area (Å²) in [6, 6.07) is 9.65. The molecule has 1 aromatic rings. The lowest BCUT2D eigenvalue weighted by molar-refractivity contribution is -0.170. The zero-order valence-corrected chi connectivity index (χ0v) is 14.0. The van der Waals surface area contributed by atoms with E-state index >= 15 is 0 Å². The van der Waals surface area contributed by atoms with Crippen LogP contribution >= 0.6 is 0 Å². The Morgan fingerprint density at radius 3 is 2.05 bits per heavy atom. The number of benzene rings is 1. The van der Waals surface area contributed by atoms with E-state index in [9.17, 15) is 4.79 Å². The SMILES string of the molecule is CC(C)(C)C(C)(C(=O)OCc1ccccc1)C(C)(C)C=N. The molecule has 0 bridgehead atoms. The maximum Gasteiger partial charge on any atom is 0.313 e. The van der Waals surface area contributed by atoms with Crippen LogP contribution in [-0.4, -0.2) is 12.2 Å². The number of carbonyl (C=O) groups is 1. The summed E-state index contributed by atoms with van der Waals surface area (Å²) in [4.78, 5) is 12.8. The molecule has 0 aliphatic carbocycles. The molecule has 0 amide bonds. The molecule has 0 aliphatic heterocycles. The van der Waals surface area contributed by atoms with Crippen LogP contribution in [0, 0.1) is 21.7 Å². The summed E-state index contributed by atoms with van der Waals surface area (Å²) in [6.07, 6.45) is 1.35. The van der Waals surface area contributed by atoms with Crippen LogP contribution in [0.3, 0.4) is 0 Å². The normalized spacial score (nSPS) is 15.1. The number of rotatable bonds is 5. The van der Waals surface area contributed by atoms with Crippen molar-refractivity contribution in [2.45, 2.75) is 48.1 Å². The Balaban J connectivity index is 3.00. The fourth-order valence-corrected chi connectivity index (χ4v) is 2.55.